The van der Waals surface area contributed by atoms with Gasteiger partial charge >= 0.3 is 0 Å². The number of Topliss-reactive ketones (excluding diaryl/α,β-unsaturated/α-hetero) is 1. The SMILES string of the molecule is CC(=O)CCC/C=C\C[C@H]1CCCC1/C=C/C(C)(F)CCc1ccccc1. The van der Waals surface area contributed by atoms with Crippen molar-refractivity contribution >= 4 is 5.78 Å². The minimum Gasteiger partial charge on any atom is -0.300 e. The van der Waals surface area contributed by atoms with Crippen molar-refractivity contribution in [3.05, 3.63) is 60.2 Å². The number of unbranched alkanes of at least 4 members (excludes halogenated alkanes) is 1. The molecule has 27 heavy (non-hydrogen) atoms. The van der Waals surface area contributed by atoms with E-state index < -0.39 is 5.67 Å². The highest BCUT2D eigenvalue weighted by atomic mass is 19.1. The molecule has 148 valence electrons. The third-order valence-electron chi connectivity index (χ3n) is 5.66. The molecule has 2 unspecified atom stereocenters. The van der Waals surface area contributed by atoms with Gasteiger partial charge in [0.1, 0.15) is 11.5 Å². The molecule has 0 heterocycles. The summed E-state index contributed by atoms with van der Waals surface area (Å²) in [6.07, 6.45) is 17.1. The van der Waals surface area contributed by atoms with Crippen LogP contribution in [0.1, 0.15) is 70.8 Å². The van der Waals surface area contributed by atoms with Crippen LogP contribution >= 0.6 is 0 Å². The van der Waals surface area contributed by atoms with Gasteiger partial charge in [0.05, 0.1) is 0 Å². The van der Waals surface area contributed by atoms with Crippen LogP contribution in [0.2, 0.25) is 0 Å². The lowest BCUT2D eigenvalue weighted by molar-refractivity contribution is -0.117. The molecule has 1 nitrogen and oxygen atoms in total. The lowest BCUT2D eigenvalue weighted by Gasteiger charge is -2.19. The third-order valence-corrected chi connectivity index (χ3v) is 5.66. The molecule has 3 atom stereocenters. The van der Waals surface area contributed by atoms with Crippen molar-refractivity contribution in [1.82, 2.24) is 0 Å². The highest BCUT2D eigenvalue weighted by Crippen LogP contribution is 2.36. The molecule has 0 spiro atoms. The molecular formula is C25H35FO. The molecule has 0 aliphatic heterocycles. The molecule has 0 saturated heterocycles. The zero-order valence-corrected chi connectivity index (χ0v) is 17.0. The van der Waals surface area contributed by atoms with Gasteiger partial charge < -0.3 is 4.79 Å². The molecule has 1 saturated carbocycles. The molecule has 1 aromatic carbocycles. The normalized spacial score (nSPS) is 22.5. The Kier molecular flexibility index (Phi) is 8.97. The van der Waals surface area contributed by atoms with Crippen molar-refractivity contribution in [2.24, 2.45) is 11.8 Å². The highest BCUT2D eigenvalue weighted by molar-refractivity contribution is 5.75. The number of hydrogen-bond donors (Lipinski definition) is 0. The molecule has 0 radical (unpaired) electrons. The van der Waals surface area contributed by atoms with Crippen molar-refractivity contribution < 1.29 is 9.18 Å². The Morgan fingerprint density at radius 3 is 2.74 bits per heavy atom. The lowest BCUT2D eigenvalue weighted by Crippen LogP contribution is -2.16. The zero-order chi connectivity index (χ0) is 19.5. The van der Waals surface area contributed by atoms with Crippen molar-refractivity contribution in [1.29, 1.82) is 0 Å². The van der Waals surface area contributed by atoms with E-state index in [1.54, 1.807) is 13.8 Å². The predicted molar refractivity (Wildman–Crippen MR) is 113 cm³/mol. The van der Waals surface area contributed by atoms with Gasteiger partial charge in [0.25, 0.3) is 0 Å². The third kappa shape index (κ3) is 8.69. The number of carbonyl (C=O) groups excluding carboxylic acids is 1. The summed E-state index contributed by atoms with van der Waals surface area (Å²) >= 11 is 0. The molecule has 2 rings (SSSR count). The minimum absolute atomic E-state index is 0.269. The number of ketones is 1. The average molecular weight is 371 g/mol. The molecular weight excluding hydrogens is 335 g/mol. The Hall–Kier alpha value is -1.70. The first kappa shape index (κ1) is 21.6. The average Bonchev–Trinajstić information content (AvgIpc) is 3.09. The van der Waals surface area contributed by atoms with Gasteiger partial charge in [0.15, 0.2) is 0 Å². The van der Waals surface area contributed by atoms with E-state index in [2.05, 4.69) is 30.4 Å². The Balaban J connectivity index is 1.76. The van der Waals surface area contributed by atoms with Gasteiger partial charge in [-0.25, -0.2) is 4.39 Å². The smallest absolute Gasteiger partial charge is 0.129 e. The maximum Gasteiger partial charge on any atom is 0.129 e. The fourth-order valence-electron chi connectivity index (χ4n) is 3.91. The molecule has 1 aromatic rings. The maximum atomic E-state index is 14.9. The van der Waals surface area contributed by atoms with Crippen LogP contribution < -0.4 is 0 Å². The molecule has 0 aromatic heterocycles. The summed E-state index contributed by atoms with van der Waals surface area (Å²) < 4.78 is 14.9. The Morgan fingerprint density at radius 1 is 1.22 bits per heavy atom. The summed E-state index contributed by atoms with van der Waals surface area (Å²) in [5.41, 5.74) is -0.0469. The van der Waals surface area contributed by atoms with E-state index in [-0.39, 0.29) is 5.78 Å². The van der Waals surface area contributed by atoms with Crippen LogP contribution in [0.4, 0.5) is 4.39 Å². The van der Waals surface area contributed by atoms with Gasteiger partial charge in [-0.15, -0.1) is 0 Å². The van der Waals surface area contributed by atoms with E-state index in [0.717, 1.165) is 25.7 Å². The minimum atomic E-state index is -1.24. The van der Waals surface area contributed by atoms with E-state index >= 15 is 0 Å². The monoisotopic (exact) mass is 370 g/mol. The Morgan fingerprint density at radius 2 is 2.00 bits per heavy atom. The predicted octanol–water partition coefficient (Wildman–Crippen LogP) is 7.03. The van der Waals surface area contributed by atoms with Gasteiger partial charge in [-0.05, 0) is 76.2 Å². The van der Waals surface area contributed by atoms with Crippen LogP contribution in [-0.2, 0) is 11.2 Å². The van der Waals surface area contributed by atoms with E-state index in [4.69, 9.17) is 0 Å². The van der Waals surface area contributed by atoms with Gasteiger partial charge in [-0.1, -0.05) is 61.1 Å². The molecule has 2 heteroatoms. The number of halogens is 1. The number of allylic oxidation sites excluding steroid dienone is 4. The van der Waals surface area contributed by atoms with Gasteiger partial charge in [0.2, 0.25) is 0 Å². The summed E-state index contributed by atoms with van der Waals surface area (Å²) in [6, 6.07) is 10.1. The quantitative estimate of drug-likeness (QED) is 0.302. The van der Waals surface area contributed by atoms with Crippen molar-refractivity contribution in [3.63, 3.8) is 0 Å². The molecule has 0 bridgehead atoms. The van der Waals surface area contributed by atoms with Crippen LogP contribution in [0.15, 0.2) is 54.6 Å². The molecule has 1 fully saturated rings. The van der Waals surface area contributed by atoms with E-state index in [1.807, 2.05) is 24.3 Å². The lowest BCUT2D eigenvalue weighted by atomic mass is 9.90. The maximum absolute atomic E-state index is 14.9. The second-order valence-corrected chi connectivity index (χ2v) is 8.28. The number of alkyl halides is 1. The standard InChI is InChI=1S/C25H35FO/c1-21(27)11-6-3-4-9-14-23-15-10-16-24(23)18-20-25(2,26)19-17-22-12-7-5-8-13-22/h4-5,7-9,12-13,18,20,23-24H,3,6,10-11,14-17,19H2,1-2H3/b9-4-,20-18+/t23-,24?,25?/m0/s1. The number of hydrogen-bond acceptors (Lipinski definition) is 1. The first-order valence-corrected chi connectivity index (χ1v) is 10.5. The number of rotatable bonds is 11. The first-order valence-electron chi connectivity index (χ1n) is 10.5. The molecule has 1 aliphatic carbocycles. The summed E-state index contributed by atoms with van der Waals surface area (Å²) in [5.74, 6) is 1.40. The zero-order valence-electron chi connectivity index (χ0n) is 17.0. The molecule has 0 N–H and O–H groups in total. The van der Waals surface area contributed by atoms with Crippen LogP contribution in [-0.4, -0.2) is 11.5 Å². The van der Waals surface area contributed by atoms with E-state index in [9.17, 15) is 9.18 Å². The largest absolute Gasteiger partial charge is 0.300 e. The summed E-state index contributed by atoms with van der Waals surface area (Å²) in [5, 5.41) is 0. The van der Waals surface area contributed by atoms with Gasteiger partial charge in [-0.3, -0.25) is 0 Å². The molecule has 1 aliphatic rings. The molecule has 0 amide bonds. The van der Waals surface area contributed by atoms with Crippen LogP contribution in [0.3, 0.4) is 0 Å². The van der Waals surface area contributed by atoms with Gasteiger partial charge in [-0.2, -0.15) is 0 Å². The highest BCUT2D eigenvalue weighted by Gasteiger charge is 2.26. The summed E-state index contributed by atoms with van der Waals surface area (Å²) in [6.45, 7) is 3.35. The number of carbonyl (C=O) groups is 1. The number of aryl methyl sites for hydroxylation is 1. The first-order chi connectivity index (χ1) is 13.0. The van der Waals surface area contributed by atoms with Crippen molar-refractivity contribution in [2.75, 3.05) is 0 Å². The fraction of sp³-hybridized carbons (Fsp3) is 0.560. The van der Waals surface area contributed by atoms with Crippen molar-refractivity contribution in [3.8, 4) is 0 Å². The van der Waals surface area contributed by atoms with E-state index in [1.165, 1.54) is 24.8 Å². The fourth-order valence-corrected chi connectivity index (χ4v) is 3.91. The summed E-state index contributed by atoms with van der Waals surface area (Å²) in [4.78, 5) is 10.9. The number of benzene rings is 1. The van der Waals surface area contributed by atoms with E-state index in [0.29, 0.717) is 24.7 Å². The second-order valence-electron chi connectivity index (χ2n) is 8.28. The van der Waals surface area contributed by atoms with Crippen LogP contribution in [0.5, 0.6) is 0 Å². The van der Waals surface area contributed by atoms with Crippen LogP contribution in [0.25, 0.3) is 0 Å². The Labute approximate surface area is 164 Å². The second kappa shape index (κ2) is 11.2. The van der Waals surface area contributed by atoms with Crippen molar-refractivity contribution in [2.45, 2.75) is 77.3 Å². The topological polar surface area (TPSA) is 17.1 Å². The Bertz CT molecular complexity index is 614. The summed E-state index contributed by atoms with van der Waals surface area (Å²) in [7, 11) is 0. The van der Waals surface area contributed by atoms with Crippen LogP contribution in [0, 0.1) is 11.8 Å². The van der Waals surface area contributed by atoms with Gasteiger partial charge in [0, 0.05) is 6.42 Å².